The van der Waals surface area contributed by atoms with Crippen molar-refractivity contribution < 1.29 is 14.2 Å². The number of benzene rings is 1. The van der Waals surface area contributed by atoms with Crippen LogP contribution in [-0.4, -0.2) is 44.9 Å². The molecule has 1 aromatic carbocycles. The zero-order chi connectivity index (χ0) is 20.4. The van der Waals surface area contributed by atoms with E-state index in [1.807, 2.05) is 51.2 Å². The number of aromatic nitrogens is 1. The molecule has 0 amide bonds. The molecule has 0 atom stereocenters. The molecule has 29 heavy (non-hydrogen) atoms. The predicted molar refractivity (Wildman–Crippen MR) is 127 cm³/mol. The first kappa shape index (κ1) is 24.8. The SMILES string of the molecule is CCNC(=NCc1ncc(C)c(OC)c1C)NCCOc1ccc(OC)cc1.I. The van der Waals surface area contributed by atoms with Crippen LogP contribution < -0.4 is 24.8 Å². The molecule has 7 nitrogen and oxygen atoms in total. The van der Waals surface area contributed by atoms with Gasteiger partial charge in [-0.15, -0.1) is 24.0 Å². The Morgan fingerprint density at radius 1 is 1.03 bits per heavy atom. The standard InChI is InChI=1S/C21H30N4O3.HI/c1-6-22-21(23-11-12-28-18-9-7-17(26-4)8-10-18)25-14-19-16(3)20(27-5)15(2)13-24-19;/h7-10,13H,6,11-12,14H2,1-5H3,(H2,22,23,25);1H. The summed E-state index contributed by atoms with van der Waals surface area (Å²) in [5, 5.41) is 6.51. The van der Waals surface area contributed by atoms with E-state index in [2.05, 4.69) is 20.6 Å². The summed E-state index contributed by atoms with van der Waals surface area (Å²) in [6.07, 6.45) is 1.82. The molecule has 0 aliphatic rings. The van der Waals surface area contributed by atoms with Gasteiger partial charge < -0.3 is 24.8 Å². The number of nitrogens with one attached hydrogen (secondary N) is 2. The molecule has 0 saturated heterocycles. The summed E-state index contributed by atoms with van der Waals surface area (Å²) in [6.45, 7) is 8.41. The second-order valence-electron chi connectivity index (χ2n) is 6.19. The lowest BCUT2D eigenvalue weighted by Gasteiger charge is -2.14. The highest BCUT2D eigenvalue weighted by Gasteiger charge is 2.09. The van der Waals surface area contributed by atoms with E-state index in [-0.39, 0.29) is 24.0 Å². The Morgan fingerprint density at radius 2 is 1.72 bits per heavy atom. The van der Waals surface area contributed by atoms with Crippen LogP contribution in [0.2, 0.25) is 0 Å². The quantitative estimate of drug-likeness (QED) is 0.231. The van der Waals surface area contributed by atoms with E-state index in [9.17, 15) is 0 Å². The van der Waals surface area contributed by atoms with Crippen molar-refractivity contribution in [3.8, 4) is 17.2 Å². The van der Waals surface area contributed by atoms with Gasteiger partial charge in [-0.25, -0.2) is 4.99 Å². The highest BCUT2D eigenvalue weighted by molar-refractivity contribution is 14.0. The van der Waals surface area contributed by atoms with Crippen molar-refractivity contribution in [3.05, 3.63) is 47.3 Å². The largest absolute Gasteiger partial charge is 0.497 e. The van der Waals surface area contributed by atoms with Gasteiger partial charge in [0.1, 0.15) is 23.9 Å². The number of halogens is 1. The second kappa shape index (κ2) is 13.1. The second-order valence-corrected chi connectivity index (χ2v) is 6.19. The Balaban J connectivity index is 0.00000420. The lowest BCUT2D eigenvalue weighted by molar-refractivity contribution is 0.321. The lowest BCUT2D eigenvalue weighted by Crippen LogP contribution is -2.39. The summed E-state index contributed by atoms with van der Waals surface area (Å²) in [5.74, 6) is 3.20. The van der Waals surface area contributed by atoms with E-state index >= 15 is 0 Å². The average Bonchev–Trinajstić information content (AvgIpc) is 2.71. The number of guanidine groups is 1. The third-order valence-electron chi connectivity index (χ3n) is 4.20. The number of aryl methyl sites for hydroxylation is 1. The summed E-state index contributed by atoms with van der Waals surface area (Å²) in [7, 11) is 3.32. The van der Waals surface area contributed by atoms with Crippen molar-refractivity contribution in [2.45, 2.75) is 27.3 Å². The zero-order valence-corrected chi connectivity index (χ0v) is 20.1. The molecule has 1 aromatic heterocycles. The minimum Gasteiger partial charge on any atom is -0.497 e. The highest BCUT2D eigenvalue weighted by Crippen LogP contribution is 2.24. The van der Waals surface area contributed by atoms with Crippen molar-refractivity contribution >= 4 is 29.9 Å². The lowest BCUT2D eigenvalue weighted by atomic mass is 10.1. The Kier molecular flexibility index (Phi) is 11.2. The number of aliphatic imine (C=N–C) groups is 1. The van der Waals surface area contributed by atoms with E-state index in [4.69, 9.17) is 14.2 Å². The first-order valence-corrected chi connectivity index (χ1v) is 9.37. The average molecular weight is 514 g/mol. The molecule has 0 unspecified atom stereocenters. The molecule has 1 heterocycles. The molecular weight excluding hydrogens is 483 g/mol. The zero-order valence-electron chi connectivity index (χ0n) is 17.7. The summed E-state index contributed by atoms with van der Waals surface area (Å²) < 4.78 is 16.3. The molecule has 2 aromatic rings. The summed E-state index contributed by atoms with van der Waals surface area (Å²) in [5.41, 5.74) is 2.94. The van der Waals surface area contributed by atoms with Crippen molar-refractivity contribution in [1.82, 2.24) is 15.6 Å². The molecule has 0 radical (unpaired) electrons. The highest BCUT2D eigenvalue weighted by atomic mass is 127. The molecule has 2 rings (SSSR count). The number of hydrogen-bond acceptors (Lipinski definition) is 5. The van der Waals surface area contributed by atoms with Crippen molar-refractivity contribution in [2.24, 2.45) is 4.99 Å². The minimum absolute atomic E-state index is 0. The van der Waals surface area contributed by atoms with Crippen LogP contribution in [0, 0.1) is 13.8 Å². The molecule has 2 N–H and O–H groups in total. The molecule has 8 heteroatoms. The van der Waals surface area contributed by atoms with Crippen LogP contribution in [0.3, 0.4) is 0 Å². The Morgan fingerprint density at radius 3 is 2.34 bits per heavy atom. The van der Waals surface area contributed by atoms with Gasteiger partial charge >= 0.3 is 0 Å². The van der Waals surface area contributed by atoms with Crippen LogP contribution in [0.15, 0.2) is 35.5 Å². The Labute approximate surface area is 190 Å². The fourth-order valence-corrected chi connectivity index (χ4v) is 2.74. The molecular formula is C21H31IN4O3. The van der Waals surface area contributed by atoms with Gasteiger partial charge in [-0.2, -0.15) is 0 Å². The molecule has 0 aliphatic carbocycles. The van der Waals surface area contributed by atoms with E-state index < -0.39 is 0 Å². The Bertz CT molecular complexity index is 782. The normalized spacial score (nSPS) is 10.7. The third-order valence-corrected chi connectivity index (χ3v) is 4.20. The van der Waals surface area contributed by atoms with E-state index in [1.165, 1.54) is 0 Å². The molecule has 0 fully saturated rings. The number of pyridine rings is 1. The monoisotopic (exact) mass is 514 g/mol. The van der Waals surface area contributed by atoms with E-state index in [1.54, 1.807) is 14.2 Å². The molecule has 0 bridgehead atoms. The fraction of sp³-hybridized carbons (Fsp3) is 0.429. The molecule has 0 spiro atoms. The minimum atomic E-state index is 0. The third kappa shape index (κ3) is 7.60. The maximum absolute atomic E-state index is 5.73. The number of methoxy groups -OCH3 is 2. The molecule has 0 saturated carbocycles. The first-order valence-electron chi connectivity index (χ1n) is 9.37. The fourth-order valence-electron chi connectivity index (χ4n) is 2.74. The number of ether oxygens (including phenoxy) is 3. The van der Waals surface area contributed by atoms with Gasteiger partial charge in [0.05, 0.1) is 33.0 Å². The van der Waals surface area contributed by atoms with Gasteiger partial charge in [0, 0.05) is 23.9 Å². The summed E-state index contributed by atoms with van der Waals surface area (Å²) >= 11 is 0. The first-order chi connectivity index (χ1) is 13.6. The number of rotatable bonds is 9. The van der Waals surface area contributed by atoms with Gasteiger partial charge in [0.15, 0.2) is 5.96 Å². The molecule has 160 valence electrons. The van der Waals surface area contributed by atoms with Gasteiger partial charge in [-0.05, 0) is 45.0 Å². The predicted octanol–water partition coefficient (Wildman–Crippen LogP) is 3.47. The van der Waals surface area contributed by atoms with Crippen LogP contribution in [0.25, 0.3) is 0 Å². The van der Waals surface area contributed by atoms with Crippen molar-refractivity contribution in [2.75, 3.05) is 33.9 Å². The van der Waals surface area contributed by atoms with Crippen molar-refractivity contribution in [1.29, 1.82) is 0 Å². The van der Waals surface area contributed by atoms with Gasteiger partial charge in [0.2, 0.25) is 0 Å². The van der Waals surface area contributed by atoms with Crippen LogP contribution >= 0.6 is 24.0 Å². The van der Waals surface area contributed by atoms with Crippen LogP contribution in [0.4, 0.5) is 0 Å². The van der Waals surface area contributed by atoms with Crippen LogP contribution in [0.5, 0.6) is 17.2 Å². The smallest absolute Gasteiger partial charge is 0.191 e. The summed E-state index contributed by atoms with van der Waals surface area (Å²) in [4.78, 5) is 9.11. The summed E-state index contributed by atoms with van der Waals surface area (Å²) in [6, 6.07) is 7.52. The van der Waals surface area contributed by atoms with E-state index in [0.29, 0.717) is 19.7 Å². The van der Waals surface area contributed by atoms with Gasteiger partial charge in [-0.1, -0.05) is 0 Å². The molecule has 0 aliphatic heterocycles. The van der Waals surface area contributed by atoms with Crippen LogP contribution in [-0.2, 0) is 6.54 Å². The van der Waals surface area contributed by atoms with E-state index in [0.717, 1.165) is 46.6 Å². The number of hydrogen-bond donors (Lipinski definition) is 2. The van der Waals surface area contributed by atoms with Gasteiger partial charge in [-0.3, -0.25) is 4.98 Å². The van der Waals surface area contributed by atoms with Gasteiger partial charge in [0.25, 0.3) is 0 Å². The number of nitrogens with zero attached hydrogens (tertiary/aromatic N) is 2. The maximum Gasteiger partial charge on any atom is 0.191 e. The Hall–Kier alpha value is -2.23. The van der Waals surface area contributed by atoms with Crippen LogP contribution in [0.1, 0.15) is 23.7 Å². The van der Waals surface area contributed by atoms with Crippen molar-refractivity contribution in [3.63, 3.8) is 0 Å². The topological polar surface area (TPSA) is 77.0 Å². The maximum atomic E-state index is 5.73.